The molecule has 0 radical (unpaired) electrons. The van der Waals surface area contributed by atoms with E-state index in [9.17, 15) is 14.4 Å². The zero-order chi connectivity index (χ0) is 22.1. The Balaban J connectivity index is 1.71. The molecule has 0 spiro atoms. The largest absolute Gasteiger partial charge is 0.332 e. The maximum Gasteiger partial charge on any atom is 0.332 e. The predicted molar refractivity (Wildman–Crippen MR) is 119 cm³/mol. The minimum atomic E-state index is -0.620. The molecular formula is C23H21N5O3. The first-order valence-corrected chi connectivity index (χ1v) is 9.73. The van der Waals surface area contributed by atoms with Crippen molar-refractivity contribution in [3.63, 3.8) is 0 Å². The molecule has 156 valence electrons. The van der Waals surface area contributed by atoms with E-state index in [1.54, 1.807) is 12.1 Å². The van der Waals surface area contributed by atoms with Gasteiger partial charge in [-0.05, 0) is 31.5 Å². The van der Waals surface area contributed by atoms with Crippen molar-refractivity contribution < 1.29 is 4.79 Å². The quantitative estimate of drug-likeness (QED) is 0.552. The fourth-order valence-electron chi connectivity index (χ4n) is 3.33. The van der Waals surface area contributed by atoms with Crippen LogP contribution in [0.5, 0.6) is 0 Å². The van der Waals surface area contributed by atoms with Crippen molar-refractivity contribution in [1.82, 2.24) is 19.1 Å². The lowest BCUT2D eigenvalue weighted by Gasteiger charge is -2.11. The Labute approximate surface area is 177 Å². The summed E-state index contributed by atoms with van der Waals surface area (Å²) in [6.07, 6.45) is 1.40. The first-order chi connectivity index (χ1) is 14.8. The summed E-state index contributed by atoms with van der Waals surface area (Å²) in [4.78, 5) is 46.9. The van der Waals surface area contributed by atoms with Gasteiger partial charge in [-0.1, -0.05) is 42.0 Å². The van der Waals surface area contributed by atoms with Crippen molar-refractivity contribution in [2.24, 2.45) is 7.05 Å². The molecule has 2 heterocycles. The molecule has 1 N–H and O–H groups in total. The molecule has 0 fully saturated rings. The highest BCUT2D eigenvalue weighted by Crippen LogP contribution is 2.17. The van der Waals surface area contributed by atoms with Gasteiger partial charge in [0.1, 0.15) is 11.9 Å². The highest BCUT2D eigenvalue weighted by Gasteiger charge is 2.16. The second kappa shape index (κ2) is 7.98. The first-order valence-electron chi connectivity index (χ1n) is 9.73. The number of amides is 1. The molecule has 8 nitrogen and oxygen atoms in total. The topological polar surface area (TPSA) is 98.9 Å². The second-order valence-electron chi connectivity index (χ2n) is 7.45. The molecule has 0 saturated heterocycles. The van der Waals surface area contributed by atoms with E-state index in [1.165, 1.54) is 17.8 Å². The maximum absolute atomic E-state index is 12.9. The van der Waals surface area contributed by atoms with Crippen molar-refractivity contribution in [3.05, 3.63) is 86.7 Å². The summed E-state index contributed by atoms with van der Waals surface area (Å²) in [6, 6.07) is 14.9. The minimum absolute atomic E-state index is 0.168. The SMILES string of the molecule is Cc1ccc(-c2ncc3c(=O)n(CC(=O)Nc4cccc(C)c4)c(=O)n(C)c3n2)cc1. The molecule has 0 unspecified atom stereocenters. The van der Waals surface area contributed by atoms with Crippen LogP contribution in [0.3, 0.4) is 0 Å². The number of fused-ring (bicyclic) bond motifs is 1. The average Bonchev–Trinajstić information content (AvgIpc) is 2.75. The van der Waals surface area contributed by atoms with Crippen LogP contribution in [0.1, 0.15) is 11.1 Å². The van der Waals surface area contributed by atoms with E-state index < -0.39 is 23.7 Å². The summed E-state index contributed by atoms with van der Waals surface area (Å²) in [5.41, 5.74) is 2.46. The maximum atomic E-state index is 12.9. The number of aryl methyl sites for hydroxylation is 3. The van der Waals surface area contributed by atoms with Crippen LogP contribution in [0.25, 0.3) is 22.4 Å². The first kappa shape index (κ1) is 20.2. The lowest BCUT2D eigenvalue weighted by molar-refractivity contribution is -0.116. The molecule has 0 atom stereocenters. The highest BCUT2D eigenvalue weighted by molar-refractivity contribution is 5.90. The van der Waals surface area contributed by atoms with Crippen LogP contribution in [0, 0.1) is 13.8 Å². The summed E-state index contributed by atoms with van der Waals surface area (Å²) >= 11 is 0. The zero-order valence-electron chi connectivity index (χ0n) is 17.4. The molecule has 1 amide bonds. The van der Waals surface area contributed by atoms with E-state index in [4.69, 9.17) is 0 Å². The van der Waals surface area contributed by atoms with Gasteiger partial charge in [0, 0.05) is 24.5 Å². The smallest absolute Gasteiger partial charge is 0.325 e. The number of aromatic nitrogens is 4. The molecule has 8 heteroatoms. The van der Waals surface area contributed by atoms with Gasteiger partial charge in [-0.3, -0.25) is 18.7 Å². The van der Waals surface area contributed by atoms with Crippen molar-refractivity contribution in [3.8, 4) is 11.4 Å². The lowest BCUT2D eigenvalue weighted by atomic mass is 10.1. The summed E-state index contributed by atoms with van der Waals surface area (Å²) < 4.78 is 2.15. The number of rotatable bonds is 4. The van der Waals surface area contributed by atoms with Crippen LogP contribution < -0.4 is 16.6 Å². The number of anilines is 1. The van der Waals surface area contributed by atoms with E-state index in [2.05, 4.69) is 15.3 Å². The minimum Gasteiger partial charge on any atom is -0.325 e. The lowest BCUT2D eigenvalue weighted by Crippen LogP contribution is -2.42. The zero-order valence-corrected chi connectivity index (χ0v) is 17.4. The number of benzene rings is 2. The highest BCUT2D eigenvalue weighted by atomic mass is 16.2. The van der Waals surface area contributed by atoms with E-state index in [0.717, 1.165) is 21.3 Å². The molecule has 4 rings (SSSR count). The monoisotopic (exact) mass is 415 g/mol. The van der Waals surface area contributed by atoms with Gasteiger partial charge in [0.15, 0.2) is 11.5 Å². The van der Waals surface area contributed by atoms with Gasteiger partial charge in [-0.15, -0.1) is 0 Å². The molecule has 31 heavy (non-hydrogen) atoms. The molecule has 2 aromatic heterocycles. The molecule has 0 aliphatic rings. The average molecular weight is 415 g/mol. The van der Waals surface area contributed by atoms with E-state index in [1.807, 2.05) is 50.2 Å². The van der Waals surface area contributed by atoms with Gasteiger partial charge in [0.25, 0.3) is 5.56 Å². The van der Waals surface area contributed by atoms with Gasteiger partial charge in [-0.2, -0.15) is 0 Å². The molecule has 0 aliphatic carbocycles. The van der Waals surface area contributed by atoms with Crippen LogP contribution in [-0.2, 0) is 18.4 Å². The predicted octanol–water partition coefficient (Wildman–Crippen LogP) is 2.41. The molecular weight excluding hydrogens is 394 g/mol. The third-order valence-electron chi connectivity index (χ3n) is 4.99. The Morgan fingerprint density at radius 2 is 1.77 bits per heavy atom. The molecule has 4 aromatic rings. The van der Waals surface area contributed by atoms with E-state index in [-0.39, 0.29) is 11.0 Å². The second-order valence-corrected chi connectivity index (χ2v) is 7.45. The number of carbonyl (C=O) groups excluding carboxylic acids is 1. The Hall–Kier alpha value is -4.07. The van der Waals surface area contributed by atoms with Crippen molar-refractivity contribution in [2.75, 3.05) is 5.32 Å². The number of nitrogens with one attached hydrogen (secondary N) is 1. The molecule has 0 bridgehead atoms. The van der Waals surface area contributed by atoms with Crippen LogP contribution in [0.2, 0.25) is 0 Å². The summed E-state index contributed by atoms with van der Waals surface area (Å²) in [5.74, 6) is -0.0572. The third kappa shape index (κ3) is 4.00. The van der Waals surface area contributed by atoms with Gasteiger partial charge >= 0.3 is 5.69 Å². The molecule has 0 saturated carbocycles. The Kier molecular flexibility index (Phi) is 5.21. The number of nitrogens with zero attached hydrogens (tertiary/aromatic N) is 4. The molecule has 0 aliphatic heterocycles. The van der Waals surface area contributed by atoms with E-state index >= 15 is 0 Å². The normalized spacial score (nSPS) is 10.9. The Morgan fingerprint density at radius 1 is 1.03 bits per heavy atom. The Morgan fingerprint density at radius 3 is 2.48 bits per heavy atom. The summed E-state index contributed by atoms with van der Waals surface area (Å²) in [6.45, 7) is 3.48. The van der Waals surface area contributed by atoms with E-state index in [0.29, 0.717) is 11.5 Å². The van der Waals surface area contributed by atoms with Crippen molar-refractivity contribution in [1.29, 1.82) is 0 Å². The van der Waals surface area contributed by atoms with Crippen LogP contribution in [0.15, 0.2) is 64.3 Å². The fourth-order valence-corrected chi connectivity index (χ4v) is 3.33. The van der Waals surface area contributed by atoms with Crippen LogP contribution in [-0.4, -0.2) is 25.0 Å². The third-order valence-corrected chi connectivity index (χ3v) is 4.99. The Bertz CT molecular complexity index is 1420. The number of hydrogen-bond acceptors (Lipinski definition) is 5. The van der Waals surface area contributed by atoms with Gasteiger partial charge < -0.3 is 5.32 Å². The summed E-state index contributed by atoms with van der Waals surface area (Å²) in [7, 11) is 1.52. The molecule has 2 aromatic carbocycles. The fraction of sp³-hybridized carbons (Fsp3) is 0.174. The summed E-state index contributed by atoms with van der Waals surface area (Å²) in [5, 5.41) is 2.88. The number of carbonyl (C=O) groups is 1. The standard InChI is InChI=1S/C23H21N5O3/c1-14-7-9-16(10-8-14)20-24-12-18-21(26-20)27(3)23(31)28(22(18)30)13-19(29)25-17-6-4-5-15(2)11-17/h4-12H,13H2,1-3H3,(H,25,29). The number of hydrogen-bond donors (Lipinski definition) is 1. The van der Waals surface area contributed by atoms with Crippen molar-refractivity contribution in [2.45, 2.75) is 20.4 Å². The van der Waals surface area contributed by atoms with Gasteiger partial charge in [-0.25, -0.2) is 14.8 Å². The van der Waals surface area contributed by atoms with Gasteiger partial charge in [0.2, 0.25) is 5.91 Å². The van der Waals surface area contributed by atoms with Gasteiger partial charge in [0.05, 0.1) is 0 Å². The van der Waals surface area contributed by atoms with Crippen molar-refractivity contribution >= 4 is 22.6 Å². The van der Waals surface area contributed by atoms with Crippen LogP contribution >= 0.6 is 0 Å². The van der Waals surface area contributed by atoms with Crippen LogP contribution in [0.4, 0.5) is 5.69 Å².